The standard InChI is InChI=1S/C23H31N3/c1-19-10-12-23(13-11-19,20-6-5-7-21(24)18-20)26-16-14-25(15-17-26)22-8-3-2-4-9-22/h2-9,18-19H,10-17,24H2,1H3. The summed E-state index contributed by atoms with van der Waals surface area (Å²) in [7, 11) is 0. The van der Waals surface area contributed by atoms with Gasteiger partial charge in [0, 0.05) is 43.1 Å². The van der Waals surface area contributed by atoms with Gasteiger partial charge in [-0.1, -0.05) is 37.3 Å². The van der Waals surface area contributed by atoms with Crippen molar-refractivity contribution in [1.82, 2.24) is 4.90 Å². The van der Waals surface area contributed by atoms with Gasteiger partial charge in [-0.05, 0) is 61.4 Å². The summed E-state index contributed by atoms with van der Waals surface area (Å²) >= 11 is 0. The number of nitrogen functional groups attached to an aromatic ring is 1. The zero-order valence-electron chi connectivity index (χ0n) is 15.9. The molecule has 26 heavy (non-hydrogen) atoms. The fourth-order valence-electron chi connectivity index (χ4n) is 4.89. The molecule has 1 heterocycles. The molecule has 3 heteroatoms. The maximum absolute atomic E-state index is 6.15. The molecule has 138 valence electrons. The molecule has 0 radical (unpaired) electrons. The van der Waals surface area contributed by atoms with Gasteiger partial charge in [-0.3, -0.25) is 4.90 Å². The van der Waals surface area contributed by atoms with Gasteiger partial charge in [0.25, 0.3) is 0 Å². The average Bonchev–Trinajstić information content (AvgIpc) is 2.70. The summed E-state index contributed by atoms with van der Waals surface area (Å²) in [5, 5.41) is 0. The third-order valence-electron chi connectivity index (χ3n) is 6.53. The first-order valence-corrected chi connectivity index (χ1v) is 10.1. The normalized spacial score (nSPS) is 27.4. The van der Waals surface area contributed by atoms with Gasteiger partial charge in [-0.2, -0.15) is 0 Å². The number of hydrogen-bond donors (Lipinski definition) is 1. The molecule has 1 aliphatic carbocycles. The Morgan fingerprint density at radius 1 is 0.885 bits per heavy atom. The Morgan fingerprint density at radius 3 is 2.23 bits per heavy atom. The second-order valence-electron chi connectivity index (χ2n) is 8.15. The van der Waals surface area contributed by atoms with Gasteiger partial charge in [0.2, 0.25) is 0 Å². The van der Waals surface area contributed by atoms with Gasteiger partial charge in [-0.25, -0.2) is 0 Å². The predicted molar refractivity (Wildman–Crippen MR) is 110 cm³/mol. The molecule has 4 rings (SSSR count). The Bertz CT molecular complexity index is 711. The average molecular weight is 350 g/mol. The molecule has 2 fully saturated rings. The van der Waals surface area contributed by atoms with Crippen molar-refractivity contribution in [3.05, 3.63) is 60.2 Å². The van der Waals surface area contributed by atoms with E-state index < -0.39 is 0 Å². The van der Waals surface area contributed by atoms with Crippen LogP contribution in [-0.2, 0) is 5.54 Å². The van der Waals surface area contributed by atoms with Gasteiger partial charge >= 0.3 is 0 Å². The smallest absolute Gasteiger partial charge is 0.0463 e. The third-order valence-corrected chi connectivity index (χ3v) is 6.53. The number of anilines is 2. The Labute approximate surface area is 157 Å². The van der Waals surface area contributed by atoms with Crippen LogP contribution in [0, 0.1) is 5.92 Å². The van der Waals surface area contributed by atoms with E-state index in [1.54, 1.807) is 0 Å². The molecule has 2 N–H and O–H groups in total. The molecule has 0 aromatic heterocycles. The fourth-order valence-corrected chi connectivity index (χ4v) is 4.89. The lowest BCUT2D eigenvalue weighted by Crippen LogP contribution is -2.56. The second kappa shape index (κ2) is 7.32. The van der Waals surface area contributed by atoms with Crippen molar-refractivity contribution in [1.29, 1.82) is 0 Å². The highest BCUT2D eigenvalue weighted by molar-refractivity contribution is 5.47. The first kappa shape index (κ1) is 17.4. The minimum atomic E-state index is 0.171. The number of hydrogen-bond acceptors (Lipinski definition) is 3. The third kappa shape index (κ3) is 3.33. The van der Waals surface area contributed by atoms with Gasteiger partial charge in [0.15, 0.2) is 0 Å². The van der Waals surface area contributed by atoms with Crippen molar-refractivity contribution >= 4 is 11.4 Å². The molecule has 0 amide bonds. The van der Waals surface area contributed by atoms with Crippen molar-refractivity contribution < 1.29 is 0 Å². The van der Waals surface area contributed by atoms with Crippen molar-refractivity contribution in [2.75, 3.05) is 36.8 Å². The first-order valence-electron chi connectivity index (χ1n) is 10.1. The van der Waals surface area contributed by atoms with Gasteiger partial charge in [-0.15, -0.1) is 0 Å². The maximum Gasteiger partial charge on any atom is 0.0463 e. The van der Waals surface area contributed by atoms with Crippen LogP contribution in [0.15, 0.2) is 54.6 Å². The zero-order chi connectivity index (χ0) is 18.0. The van der Waals surface area contributed by atoms with Crippen molar-refractivity contribution in [2.45, 2.75) is 38.1 Å². The number of benzene rings is 2. The van der Waals surface area contributed by atoms with Crippen LogP contribution in [0.2, 0.25) is 0 Å². The molecule has 0 atom stereocenters. The van der Waals surface area contributed by atoms with E-state index in [9.17, 15) is 0 Å². The van der Waals surface area contributed by atoms with E-state index in [2.05, 4.69) is 65.3 Å². The SMILES string of the molecule is CC1CCC(c2cccc(N)c2)(N2CCN(c3ccccc3)CC2)CC1. The summed E-state index contributed by atoms with van der Waals surface area (Å²) in [6.07, 6.45) is 5.13. The Hall–Kier alpha value is -2.00. The van der Waals surface area contributed by atoms with Crippen LogP contribution in [0.3, 0.4) is 0 Å². The molecule has 3 nitrogen and oxygen atoms in total. The molecular weight excluding hydrogens is 318 g/mol. The minimum absolute atomic E-state index is 0.171. The summed E-state index contributed by atoms with van der Waals surface area (Å²) in [6, 6.07) is 19.5. The molecule has 1 saturated carbocycles. The summed E-state index contributed by atoms with van der Waals surface area (Å²) < 4.78 is 0. The number of nitrogens with two attached hydrogens (primary N) is 1. The number of para-hydroxylation sites is 1. The first-order chi connectivity index (χ1) is 12.7. The molecule has 1 saturated heterocycles. The largest absolute Gasteiger partial charge is 0.399 e. The van der Waals surface area contributed by atoms with Gasteiger partial charge in [0.1, 0.15) is 0 Å². The van der Waals surface area contributed by atoms with E-state index in [1.807, 2.05) is 6.07 Å². The topological polar surface area (TPSA) is 32.5 Å². The van der Waals surface area contributed by atoms with E-state index in [0.29, 0.717) is 0 Å². The maximum atomic E-state index is 6.15. The molecule has 0 bridgehead atoms. The number of piperazine rings is 1. The fraction of sp³-hybridized carbons (Fsp3) is 0.478. The lowest BCUT2D eigenvalue weighted by atomic mass is 9.71. The van der Waals surface area contributed by atoms with Crippen LogP contribution in [0.1, 0.15) is 38.2 Å². The second-order valence-corrected chi connectivity index (χ2v) is 8.15. The molecule has 0 unspecified atom stereocenters. The summed E-state index contributed by atoms with van der Waals surface area (Å²) in [5.74, 6) is 0.842. The number of rotatable bonds is 3. The highest BCUT2D eigenvalue weighted by Gasteiger charge is 2.42. The molecule has 0 spiro atoms. The molecule has 1 aliphatic heterocycles. The van der Waals surface area contributed by atoms with Crippen molar-refractivity contribution in [3.8, 4) is 0 Å². The Kier molecular flexibility index (Phi) is 4.90. The zero-order valence-corrected chi connectivity index (χ0v) is 15.9. The van der Waals surface area contributed by atoms with E-state index in [-0.39, 0.29) is 5.54 Å². The minimum Gasteiger partial charge on any atom is -0.399 e. The summed E-state index contributed by atoms with van der Waals surface area (Å²) in [4.78, 5) is 5.28. The van der Waals surface area contributed by atoms with Crippen molar-refractivity contribution in [2.24, 2.45) is 5.92 Å². The van der Waals surface area contributed by atoms with E-state index in [1.165, 1.54) is 36.9 Å². The van der Waals surface area contributed by atoms with E-state index in [4.69, 9.17) is 5.73 Å². The lowest BCUT2D eigenvalue weighted by Gasteiger charge is -2.51. The van der Waals surface area contributed by atoms with E-state index >= 15 is 0 Å². The van der Waals surface area contributed by atoms with Crippen LogP contribution in [-0.4, -0.2) is 31.1 Å². The quantitative estimate of drug-likeness (QED) is 0.828. The Morgan fingerprint density at radius 2 is 1.58 bits per heavy atom. The van der Waals surface area contributed by atoms with Crippen LogP contribution in [0.5, 0.6) is 0 Å². The Balaban J connectivity index is 1.56. The predicted octanol–water partition coefficient (Wildman–Crippen LogP) is 4.50. The highest BCUT2D eigenvalue weighted by Crippen LogP contribution is 2.45. The van der Waals surface area contributed by atoms with Crippen LogP contribution >= 0.6 is 0 Å². The van der Waals surface area contributed by atoms with Crippen LogP contribution in [0.25, 0.3) is 0 Å². The van der Waals surface area contributed by atoms with Gasteiger partial charge < -0.3 is 10.6 Å². The molecule has 2 aromatic rings. The van der Waals surface area contributed by atoms with Crippen LogP contribution < -0.4 is 10.6 Å². The molecule has 2 aliphatic rings. The van der Waals surface area contributed by atoms with Crippen LogP contribution in [0.4, 0.5) is 11.4 Å². The monoisotopic (exact) mass is 349 g/mol. The summed E-state index contributed by atoms with van der Waals surface area (Å²) in [5.41, 5.74) is 9.99. The summed E-state index contributed by atoms with van der Waals surface area (Å²) in [6.45, 7) is 6.85. The number of nitrogens with zero attached hydrogens (tertiary/aromatic N) is 2. The van der Waals surface area contributed by atoms with E-state index in [0.717, 1.165) is 37.8 Å². The highest BCUT2D eigenvalue weighted by atomic mass is 15.3. The lowest BCUT2D eigenvalue weighted by molar-refractivity contribution is 0.0299. The van der Waals surface area contributed by atoms with Gasteiger partial charge in [0.05, 0.1) is 0 Å². The molecule has 2 aromatic carbocycles. The van der Waals surface area contributed by atoms with Crippen molar-refractivity contribution in [3.63, 3.8) is 0 Å². The molecular formula is C23H31N3.